The Kier molecular flexibility index (Phi) is 4.17. The normalized spacial score (nSPS) is 12.4. The lowest BCUT2D eigenvalue weighted by atomic mass is 10.2. The van der Waals surface area contributed by atoms with E-state index in [0.717, 1.165) is 20.4 Å². The van der Waals surface area contributed by atoms with E-state index in [9.17, 15) is 9.90 Å². The van der Waals surface area contributed by atoms with Gasteiger partial charge in [-0.15, -0.1) is 16.4 Å². The summed E-state index contributed by atoms with van der Waals surface area (Å²) in [7, 11) is 0. The Morgan fingerprint density at radius 1 is 1.31 bits per heavy atom. The lowest BCUT2D eigenvalue weighted by Gasteiger charge is -2.26. The molecular weight excluding hydrogens is 370 g/mol. The van der Waals surface area contributed by atoms with Crippen LogP contribution in [0.15, 0.2) is 42.0 Å². The topological polar surface area (TPSA) is 83.6 Å². The summed E-state index contributed by atoms with van der Waals surface area (Å²) in [6.07, 6.45) is 0.748. The summed E-state index contributed by atoms with van der Waals surface area (Å²) >= 11 is 2.95. The lowest BCUT2D eigenvalue weighted by molar-refractivity contribution is 0.199. The molecule has 4 aromatic rings. The van der Waals surface area contributed by atoms with Crippen molar-refractivity contribution in [3.05, 3.63) is 52.6 Å². The number of carboxylic acid groups (broad SMARTS) is 1. The molecule has 0 spiro atoms. The lowest BCUT2D eigenvalue weighted by Crippen LogP contribution is -2.32. The zero-order valence-corrected chi connectivity index (χ0v) is 15.7. The monoisotopic (exact) mass is 385 g/mol. The molecule has 4 rings (SSSR count). The molecule has 1 atom stereocenters. The van der Waals surface area contributed by atoms with Gasteiger partial charge in [0.1, 0.15) is 0 Å². The molecule has 7 nitrogen and oxygen atoms in total. The average Bonchev–Trinajstić information content (AvgIpc) is 3.33. The van der Waals surface area contributed by atoms with Crippen LogP contribution in [0.2, 0.25) is 0 Å². The van der Waals surface area contributed by atoms with Gasteiger partial charge in [-0.2, -0.15) is 4.98 Å². The van der Waals surface area contributed by atoms with Crippen molar-refractivity contribution in [3.8, 4) is 10.7 Å². The van der Waals surface area contributed by atoms with Gasteiger partial charge < -0.3 is 5.11 Å². The van der Waals surface area contributed by atoms with Crippen molar-refractivity contribution in [2.75, 3.05) is 4.90 Å². The second-order valence-electron chi connectivity index (χ2n) is 5.71. The van der Waals surface area contributed by atoms with E-state index >= 15 is 0 Å². The van der Waals surface area contributed by atoms with Gasteiger partial charge in [0.2, 0.25) is 4.96 Å². The molecule has 0 aliphatic heterocycles. The van der Waals surface area contributed by atoms with Crippen LogP contribution in [0, 0.1) is 6.92 Å². The number of hydrogen-bond donors (Lipinski definition) is 1. The molecule has 1 aromatic carbocycles. The van der Waals surface area contributed by atoms with Crippen molar-refractivity contribution in [3.63, 3.8) is 0 Å². The molecule has 1 N–H and O–H groups in total. The van der Waals surface area contributed by atoms with Crippen molar-refractivity contribution in [2.24, 2.45) is 0 Å². The first-order valence-corrected chi connectivity index (χ1v) is 9.58. The first-order chi connectivity index (χ1) is 12.6. The summed E-state index contributed by atoms with van der Waals surface area (Å²) in [5.74, 6) is 0.638. The van der Waals surface area contributed by atoms with E-state index in [1.165, 1.54) is 27.6 Å². The Morgan fingerprint density at radius 3 is 2.69 bits per heavy atom. The maximum absolute atomic E-state index is 11.9. The molecule has 132 valence electrons. The minimum absolute atomic E-state index is 0.352. The molecule has 1 amide bonds. The molecule has 26 heavy (non-hydrogen) atoms. The molecule has 0 saturated carbocycles. The van der Waals surface area contributed by atoms with Crippen LogP contribution in [-0.2, 0) is 0 Å². The second-order valence-corrected chi connectivity index (χ2v) is 7.61. The van der Waals surface area contributed by atoms with Crippen LogP contribution < -0.4 is 4.90 Å². The van der Waals surface area contributed by atoms with Gasteiger partial charge in [0.25, 0.3) is 0 Å². The Hall–Kier alpha value is -2.78. The number of aryl methyl sites for hydroxylation is 1. The number of rotatable bonds is 4. The smallest absolute Gasteiger partial charge is 0.412 e. The fraction of sp³-hybridized carbons (Fsp3) is 0.176. The zero-order valence-electron chi connectivity index (χ0n) is 14.0. The van der Waals surface area contributed by atoms with E-state index in [-0.39, 0.29) is 6.04 Å². The van der Waals surface area contributed by atoms with Crippen molar-refractivity contribution in [2.45, 2.75) is 19.9 Å². The SMILES string of the molecule is Cc1c(C(C)N(C(=O)O)c2ccccc2)sc2nc(-c3cncs3)nn12. The van der Waals surface area contributed by atoms with Gasteiger partial charge in [0, 0.05) is 11.9 Å². The number of anilines is 1. The highest BCUT2D eigenvalue weighted by Gasteiger charge is 2.27. The third-order valence-corrected chi connectivity index (χ3v) is 6.19. The van der Waals surface area contributed by atoms with Crippen molar-refractivity contribution < 1.29 is 9.90 Å². The van der Waals surface area contributed by atoms with Crippen LogP contribution in [0.5, 0.6) is 0 Å². The molecule has 0 bridgehead atoms. The number of thiazole rings is 2. The Bertz CT molecular complexity index is 1060. The summed E-state index contributed by atoms with van der Waals surface area (Å²) in [6.45, 7) is 3.81. The predicted octanol–water partition coefficient (Wildman–Crippen LogP) is 4.47. The highest BCUT2D eigenvalue weighted by atomic mass is 32.1. The molecule has 0 saturated heterocycles. The Morgan fingerprint density at radius 2 is 2.08 bits per heavy atom. The third-order valence-electron chi connectivity index (χ3n) is 4.11. The Labute approximate surface area is 157 Å². The minimum Gasteiger partial charge on any atom is -0.465 e. The maximum Gasteiger partial charge on any atom is 0.412 e. The van der Waals surface area contributed by atoms with Crippen molar-refractivity contribution in [1.29, 1.82) is 0 Å². The van der Waals surface area contributed by atoms with Gasteiger partial charge >= 0.3 is 6.09 Å². The number of carbonyl (C=O) groups is 1. The number of fused-ring (bicyclic) bond motifs is 1. The maximum atomic E-state index is 11.9. The molecular formula is C17H15N5O2S2. The molecule has 0 radical (unpaired) electrons. The largest absolute Gasteiger partial charge is 0.465 e. The second kappa shape index (κ2) is 6.50. The summed E-state index contributed by atoms with van der Waals surface area (Å²) in [5.41, 5.74) is 3.27. The highest BCUT2D eigenvalue weighted by Crippen LogP contribution is 2.35. The van der Waals surface area contributed by atoms with Crippen LogP contribution in [0.4, 0.5) is 10.5 Å². The van der Waals surface area contributed by atoms with E-state index in [4.69, 9.17) is 0 Å². The number of benzene rings is 1. The summed E-state index contributed by atoms with van der Waals surface area (Å²) < 4.78 is 1.77. The molecule has 1 unspecified atom stereocenters. The van der Waals surface area contributed by atoms with Gasteiger partial charge in [-0.3, -0.25) is 9.88 Å². The Balaban J connectivity index is 1.74. The van der Waals surface area contributed by atoms with Crippen LogP contribution in [0.1, 0.15) is 23.5 Å². The van der Waals surface area contributed by atoms with Gasteiger partial charge in [-0.25, -0.2) is 9.31 Å². The predicted molar refractivity (Wildman–Crippen MR) is 102 cm³/mol. The van der Waals surface area contributed by atoms with Gasteiger partial charge in [-0.05, 0) is 26.0 Å². The number of aromatic nitrogens is 4. The highest BCUT2D eigenvalue weighted by molar-refractivity contribution is 7.17. The minimum atomic E-state index is -0.993. The number of para-hydroxylation sites is 1. The fourth-order valence-electron chi connectivity index (χ4n) is 2.88. The van der Waals surface area contributed by atoms with Crippen molar-refractivity contribution >= 4 is 39.4 Å². The van der Waals surface area contributed by atoms with E-state index in [2.05, 4.69) is 15.1 Å². The number of amides is 1. The zero-order chi connectivity index (χ0) is 18.3. The van der Waals surface area contributed by atoms with Crippen LogP contribution in [0.25, 0.3) is 15.7 Å². The van der Waals surface area contributed by atoms with Gasteiger partial charge in [-0.1, -0.05) is 29.5 Å². The summed E-state index contributed by atoms with van der Waals surface area (Å²) in [4.78, 5) is 24.4. The molecule has 0 aliphatic rings. The molecule has 9 heteroatoms. The van der Waals surface area contributed by atoms with E-state index in [0.29, 0.717) is 11.5 Å². The summed E-state index contributed by atoms with van der Waals surface area (Å²) in [5, 5.41) is 14.3. The van der Waals surface area contributed by atoms with Crippen LogP contribution in [0.3, 0.4) is 0 Å². The molecule has 0 fully saturated rings. The molecule has 3 aromatic heterocycles. The fourth-order valence-corrected chi connectivity index (χ4v) is 4.53. The quantitative estimate of drug-likeness (QED) is 0.560. The third kappa shape index (κ3) is 2.74. The van der Waals surface area contributed by atoms with Crippen LogP contribution in [-0.4, -0.2) is 30.8 Å². The first-order valence-electron chi connectivity index (χ1n) is 7.88. The van der Waals surface area contributed by atoms with E-state index < -0.39 is 6.09 Å². The van der Waals surface area contributed by atoms with Gasteiger partial charge in [0.05, 0.1) is 27.0 Å². The molecule has 0 aliphatic carbocycles. The van der Waals surface area contributed by atoms with Crippen LogP contribution >= 0.6 is 22.7 Å². The van der Waals surface area contributed by atoms with Crippen molar-refractivity contribution in [1.82, 2.24) is 19.6 Å². The first kappa shape index (κ1) is 16.7. The molecule has 3 heterocycles. The number of nitrogens with zero attached hydrogens (tertiary/aromatic N) is 5. The van der Waals surface area contributed by atoms with Gasteiger partial charge in [0.15, 0.2) is 5.82 Å². The summed E-state index contributed by atoms with van der Waals surface area (Å²) in [6, 6.07) is 8.75. The van der Waals surface area contributed by atoms with E-state index in [1.54, 1.807) is 28.4 Å². The number of hydrogen-bond acceptors (Lipinski definition) is 6. The van der Waals surface area contributed by atoms with E-state index in [1.807, 2.05) is 32.0 Å². The standard InChI is InChI=1S/C17H15N5O2S2/c1-10(21(17(23)24)12-6-4-3-5-7-12)14-11(2)22-16(26-14)19-15(20-22)13-8-18-9-25-13/h3-10H,1-2H3,(H,23,24). The average molecular weight is 385 g/mol.